The quantitative estimate of drug-likeness (QED) is 0.793. The average molecular weight is 396 g/mol. The molecule has 0 spiro atoms. The lowest BCUT2D eigenvalue weighted by Crippen LogP contribution is -2.40. The minimum absolute atomic E-state index is 0.0477. The molecule has 2 heterocycles. The van der Waals surface area contributed by atoms with Crippen LogP contribution >= 0.6 is 11.3 Å². The Morgan fingerprint density at radius 1 is 1.30 bits per heavy atom. The second-order valence-corrected chi connectivity index (χ2v) is 8.42. The van der Waals surface area contributed by atoms with Gasteiger partial charge in [0.1, 0.15) is 0 Å². The van der Waals surface area contributed by atoms with Crippen LogP contribution in [0.2, 0.25) is 0 Å². The van der Waals surface area contributed by atoms with E-state index >= 15 is 0 Å². The Morgan fingerprint density at radius 3 is 2.81 bits per heavy atom. The predicted molar refractivity (Wildman–Crippen MR) is 101 cm³/mol. The molecule has 2 aromatic rings. The summed E-state index contributed by atoms with van der Waals surface area (Å²) >= 11 is 1.80. The zero-order valence-corrected chi connectivity index (χ0v) is 16.0. The summed E-state index contributed by atoms with van der Waals surface area (Å²) in [5, 5.41) is 2.81. The van der Waals surface area contributed by atoms with Gasteiger partial charge >= 0.3 is 6.18 Å². The second-order valence-electron chi connectivity index (χ2n) is 7.04. The summed E-state index contributed by atoms with van der Waals surface area (Å²) in [5.41, 5.74) is -0.753. The van der Waals surface area contributed by atoms with Gasteiger partial charge < -0.3 is 5.32 Å². The summed E-state index contributed by atoms with van der Waals surface area (Å²) in [5.74, 6) is -0.137. The van der Waals surface area contributed by atoms with Crippen LogP contribution in [0.3, 0.4) is 0 Å². The fourth-order valence-corrected chi connectivity index (χ4v) is 4.36. The highest BCUT2D eigenvalue weighted by molar-refractivity contribution is 7.11. The summed E-state index contributed by atoms with van der Waals surface area (Å²) < 4.78 is 38.4. The van der Waals surface area contributed by atoms with E-state index < -0.39 is 17.6 Å². The minimum Gasteiger partial charge on any atom is -0.352 e. The highest BCUT2D eigenvalue weighted by Crippen LogP contribution is 2.29. The van der Waals surface area contributed by atoms with E-state index in [1.165, 1.54) is 21.9 Å². The molecule has 0 radical (unpaired) electrons. The van der Waals surface area contributed by atoms with Crippen molar-refractivity contribution >= 4 is 17.2 Å². The molecule has 1 aromatic heterocycles. The van der Waals surface area contributed by atoms with Gasteiger partial charge in [0.2, 0.25) is 0 Å². The SMILES string of the molecule is Cc1ccc(CN2CCC[C@@H](CNC(=O)c3cccc(C(F)(F)F)c3)C2)s1. The number of hydrogen-bond donors (Lipinski definition) is 1. The van der Waals surface area contributed by atoms with Gasteiger partial charge in [-0.1, -0.05) is 6.07 Å². The number of halogens is 3. The standard InChI is InChI=1S/C20H23F3N2OS/c1-14-7-8-18(27-14)13-25-9-3-4-15(12-25)11-24-19(26)16-5-2-6-17(10-16)20(21,22)23/h2,5-8,10,15H,3-4,9,11-13H2,1H3,(H,24,26)/t15-/m0/s1. The Bertz CT molecular complexity index is 788. The van der Waals surface area contributed by atoms with Crippen LogP contribution in [0.15, 0.2) is 36.4 Å². The summed E-state index contributed by atoms with van der Waals surface area (Å²) in [6.07, 6.45) is -2.36. The fourth-order valence-electron chi connectivity index (χ4n) is 3.43. The highest BCUT2D eigenvalue weighted by atomic mass is 32.1. The Labute approximate surface area is 161 Å². The Balaban J connectivity index is 1.52. The molecule has 0 saturated carbocycles. The summed E-state index contributed by atoms with van der Waals surface area (Å²) in [4.78, 5) is 17.3. The van der Waals surface area contributed by atoms with Crippen molar-refractivity contribution in [3.8, 4) is 0 Å². The first-order chi connectivity index (χ1) is 12.8. The molecule has 0 aliphatic carbocycles. The first-order valence-electron chi connectivity index (χ1n) is 9.04. The number of alkyl halides is 3. The van der Waals surface area contributed by atoms with Gasteiger partial charge in [-0.15, -0.1) is 11.3 Å². The van der Waals surface area contributed by atoms with Crippen molar-refractivity contribution in [2.45, 2.75) is 32.5 Å². The maximum atomic E-state index is 12.8. The monoisotopic (exact) mass is 396 g/mol. The number of likely N-dealkylation sites (tertiary alicyclic amines) is 1. The van der Waals surface area contributed by atoms with Crippen LogP contribution in [-0.4, -0.2) is 30.4 Å². The van der Waals surface area contributed by atoms with Crippen LogP contribution in [-0.2, 0) is 12.7 Å². The number of piperidine rings is 1. The van der Waals surface area contributed by atoms with Gasteiger partial charge in [-0.05, 0) is 62.6 Å². The van der Waals surface area contributed by atoms with Crippen molar-refractivity contribution in [3.63, 3.8) is 0 Å². The minimum atomic E-state index is -4.44. The zero-order valence-electron chi connectivity index (χ0n) is 15.2. The molecule has 1 aliphatic rings. The molecule has 1 aromatic carbocycles. The molecular weight excluding hydrogens is 373 g/mol. The third-order valence-electron chi connectivity index (χ3n) is 4.78. The normalized spacial score (nSPS) is 18.4. The first-order valence-corrected chi connectivity index (χ1v) is 9.86. The maximum Gasteiger partial charge on any atom is 0.416 e. The van der Waals surface area contributed by atoms with Crippen LogP contribution in [0, 0.1) is 12.8 Å². The summed E-state index contributed by atoms with van der Waals surface area (Å²) in [6, 6.07) is 8.83. The van der Waals surface area contributed by atoms with E-state index in [2.05, 4.69) is 29.3 Å². The van der Waals surface area contributed by atoms with E-state index in [-0.39, 0.29) is 5.56 Å². The highest BCUT2D eigenvalue weighted by Gasteiger charge is 2.31. The van der Waals surface area contributed by atoms with Crippen LogP contribution in [0.25, 0.3) is 0 Å². The van der Waals surface area contributed by atoms with E-state index in [0.29, 0.717) is 12.5 Å². The smallest absolute Gasteiger partial charge is 0.352 e. The molecule has 3 rings (SSSR count). The molecule has 1 atom stereocenters. The number of nitrogens with one attached hydrogen (secondary N) is 1. The predicted octanol–water partition coefficient (Wildman–Crippen LogP) is 4.72. The van der Waals surface area contributed by atoms with Gasteiger partial charge in [0.05, 0.1) is 5.56 Å². The molecule has 3 nitrogen and oxygen atoms in total. The van der Waals surface area contributed by atoms with E-state index in [1.54, 1.807) is 11.3 Å². The van der Waals surface area contributed by atoms with Crippen molar-refractivity contribution in [3.05, 3.63) is 57.3 Å². The third-order valence-corrected chi connectivity index (χ3v) is 5.77. The van der Waals surface area contributed by atoms with Gasteiger partial charge in [-0.25, -0.2) is 0 Å². The molecule has 0 bridgehead atoms. The van der Waals surface area contributed by atoms with E-state index in [4.69, 9.17) is 0 Å². The molecule has 1 N–H and O–H groups in total. The third kappa shape index (κ3) is 5.56. The van der Waals surface area contributed by atoms with E-state index in [1.807, 2.05) is 0 Å². The number of benzene rings is 1. The van der Waals surface area contributed by atoms with Crippen molar-refractivity contribution in [2.75, 3.05) is 19.6 Å². The van der Waals surface area contributed by atoms with Gasteiger partial charge in [-0.2, -0.15) is 13.2 Å². The van der Waals surface area contributed by atoms with E-state index in [0.717, 1.165) is 44.6 Å². The van der Waals surface area contributed by atoms with Gasteiger partial charge in [0, 0.05) is 35.0 Å². The maximum absolute atomic E-state index is 12.8. The van der Waals surface area contributed by atoms with E-state index in [9.17, 15) is 18.0 Å². The number of carbonyl (C=O) groups is 1. The second kappa shape index (κ2) is 8.44. The molecule has 1 aliphatic heterocycles. The number of carbonyl (C=O) groups excluding carboxylic acids is 1. The lowest BCUT2D eigenvalue weighted by Gasteiger charge is -2.32. The number of nitrogens with zero attached hydrogens (tertiary/aromatic N) is 1. The number of rotatable bonds is 5. The fraction of sp³-hybridized carbons (Fsp3) is 0.450. The first kappa shape index (κ1) is 19.9. The van der Waals surface area contributed by atoms with Crippen molar-refractivity contribution in [1.82, 2.24) is 10.2 Å². The van der Waals surface area contributed by atoms with Crippen molar-refractivity contribution in [1.29, 1.82) is 0 Å². The van der Waals surface area contributed by atoms with Crippen LogP contribution < -0.4 is 5.32 Å². The van der Waals surface area contributed by atoms with Crippen LogP contribution in [0.4, 0.5) is 13.2 Å². The Kier molecular flexibility index (Phi) is 6.22. The molecule has 7 heteroatoms. The van der Waals surface area contributed by atoms with Gasteiger partial charge in [0.15, 0.2) is 0 Å². The Hall–Kier alpha value is -1.86. The average Bonchev–Trinajstić information content (AvgIpc) is 3.04. The lowest BCUT2D eigenvalue weighted by atomic mass is 9.97. The zero-order chi connectivity index (χ0) is 19.4. The summed E-state index contributed by atoms with van der Waals surface area (Å²) in [7, 11) is 0. The molecule has 0 unspecified atom stereocenters. The van der Waals surface area contributed by atoms with Gasteiger partial charge in [-0.3, -0.25) is 9.69 Å². The van der Waals surface area contributed by atoms with Crippen LogP contribution in [0.5, 0.6) is 0 Å². The molecule has 146 valence electrons. The molecule has 1 fully saturated rings. The van der Waals surface area contributed by atoms with Crippen molar-refractivity contribution < 1.29 is 18.0 Å². The molecular formula is C20H23F3N2OS. The topological polar surface area (TPSA) is 32.3 Å². The number of hydrogen-bond acceptors (Lipinski definition) is 3. The lowest BCUT2D eigenvalue weighted by molar-refractivity contribution is -0.137. The van der Waals surface area contributed by atoms with Crippen LogP contribution in [0.1, 0.15) is 38.5 Å². The number of thiophene rings is 1. The Morgan fingerprint density at radius 2 is 2.11 bits per heavy atom. The largest absolute Gasteiger partial charge is 0.416 e. The number of aryl methyl sites for hydroxylation is 1. The molecule has 1 saturated heterocycles. The molecule has 27 heavy (non-hydrogen) atoms. The number of amides is 1. The summed E-state index contributed by atoms with van der Waals surface area (Å²) in [6.45, 7) is 5.41. The van der Waals surface area contributed by atoms with Crippen molar-refractivity contribution in [2.24, 2.45) is 5.92 Å². The van der Waals surface area contributed by atoms with Gasteiger partial charge in [0.25, 0.3) is 5.91 Å². The molecule has 1 amide bonds.